The van der Waals surface area contributed by atoms with Gasteiger partial charge in [-0.2, -0.15) is 4.31 Å². The van der Waals surface area contributed by atoms with Crippen LogP contribution in [-0.4, -0.2) is 43.2 Å². The van der Waals surface area contributed by atoms with Crippen LogP contribution in [-0.2, 0) is 27.7 Å². The molecule has 4 rings (SSSR count). The number of rotatable bonds is 7. The molecule has 9 heteroatoms. The van der Waals surface area contributed by atoms with E-state index in [1.54, 1.807) is 35.2 Å². The lowest BCUT2D eigenvalue weighted by Gasteiger charge is -2.30. The summed E-state index contributed by atoms with van der Waals surface area (Å²) in [5, 5.41) is 2.49. The lowest BCUT2D eigenvalue weighted by atomic mass is 10.0. The number of halogens is 1. The summed E-state index contributed by atoms with van der Waals surface area (Å²) >= 11 is 1.38. The number of anilines is 1. The summed E-state index contributed by atoms with van der Waals surface area (Å²) in [6, 6.07) is 11.3. The van der Waals surface area contributed by atoms with Gasteiger partial charge in [0.2, 0.25) is 15.9 Å². The van der Waals surface area contributed by atoms with Crippen molar-refractivity contribution in [1.82, 2.24) is 9.29 Å². The maximum Gasteiger partial charge on any atom is 0.243 e. The molecule has 2 heterocycles. The Morgan fingerprint density at radius 2 is 1.97 bits per heavy atom. The van der Waals surface area contributed by atoms with E-state index in [0.29, 0.717) is 35.9 Å². The topological polar surface area (TPSA) is 70.6 Å². The lowest BCUT2D eigenvalue weighted by Crippen LogP contribution is -2.37. The number of carbonyl (C=O) groups is 1. The molecule has 1 aromatic heterocycles. The van der Waals surface area contributed by atoms with Crippen molar-refractivity contribution in [3.8, 4) is 10.6 Å². The summed E-state index contributed by atoms with van der Waals surface area (Å²) in [6.45, 7) is 5.03. The van der Waals surface area contributed by atoms with Crippen LogP contribution >= 0.6 is 11.3 Å². The second kappa shape index (κ2) is 9.70. The number of aryl methyl sites for hydroxylation is 1. The number of hydrogen-bond acceptors (Lipinski definition) is 5. The van der Waals surface area contributed by atoms with Crippen LogP contribution in [0.4, 0.5) is 10.1 Å². The van der Waals surface area contributed by atoms with E-state index in [0.717, 1.165) is 24.1 Å². The SMILES string of the molecule is CCN(CC)S(=O)(=O)c1ccc2c(c1)CCCN2C(=O)Cc1csc(-c2cccc(F)c2)n1. The van der Waals surface area contributed by atoms with Gasteiger partial charge in [0.1, 0.15) is 10.8 Å². The number of aromatic nitrogens is 1. The van der Waals surface area contributed by atoms with Gasteiger partial charge in [-0.05, 0) is 48.7 Å². The number of carbonyl (C=O) groups excluding carboxylic acids is 1. The van der Waals surface area contributed by atoms with Gasteiger partial charge >= 0.3 is 0 Å². The van der Waals surface area contributed by atoms with Crippen molar-refractivity contribution < 1.29 is 17.6 Å². The maximum absolute atomic E-state index is 13.5. The van der Waals surface area contributed by atoms with Gasteiger partial charge in [0.15, 0.2) is 0 Å². The monoisotopic (exact) mass is 487 g/mol. The minimum Gasteiger partial charge on any atom is -0.312 e. The van der Waals surface area contributed by atoms with Gasteiger partial charge in [-0.15, -0.1) is 11.3 Å². The summed E-state index contributed by atoms with van der Waals surface area (Å²) in [5.74, 6) is -0.418. The molecule has 1 aliphatic rings. The minimum atomic E-state index is -3.55. The van der Waals surface area contributed by atoms with Gasteiger partial charge in [-0.1, -0.05) is 26.0 Å². The van der Waals surface area contributed by atoms with E-state index in [2.05, 4.69) is 4.98 Å². The second-order valence-corrected chi connectivity index (χ2v) is 10.7. The molecule has 0 spiro atoms. The molecular weight excluding hydrogens is 461 g/mol. The first-order chi connectivity index (χ1) is 15.8. The average molecular weight is 488 g/mol. The molecule has 174 valence electrons. The van der Waals surface area contributed by atoms with E-state index < -0.39 is 10.0 Å². The van der Waals surface area contributed by atoms with Crippen molar-refractivity contribution in [2.24, 2.45) is 0 Å². The van der Waals surface area contributed by atoms with E-state index in [-0.39, 0.29) is 23.0 Å². The minimum absolute atomic E-state index is 0.0913. The molecule has 0 bridgehead atoms. The van der Waals surface area contributed by atoms with Crippen LogP contribution in [0.3, 0.4) is 0 Å². The number of hydrogen-bond donors (Lipinski definition) is 0. The smallest absolute Gasteiger partial charge is 0.243 e. The molecule has 3 aromatic rings. The van der Waals surface area contributed by atoms with Gasteiger partial charge in [-0.25, -0.2) is 17.8 Å². The van der Waals surface area contributed by atoms with Crippen molar-refractivity contribution in [2.75, 3.05) is 24.5 Å². The molecule has 0 N–H and O–H groups in total. The number of nitrogens with zero attached hydrogens (tertiary/aromatic N) is 3. The Kier molecular flexibility index (Phi) is 6.92. The van der Waals surface area contributed by atoms with Gasteiger partial charge in [-0.3, -0.25) is 4.79 Å². The van der Waals surface area contributed by atoms with Crippen LogP contribution in [0, 0.1) is 5.82 Å². The van der Waals surface area contributed by atoms with E-state index in [4.69, 9.17) is 0 Å². The molecule has 0 saturated carbocycles. The molecule has 0 saturated heterocycles. The molecule has 1 aliphatic heterocycles. The highest BCUT2D eigenvalue weighted by Gasteiger charge is 2.27. The third-order valence-corrected chi connectivity index (χ3v) is 8.76. The third-order valence-electron chi connectivity index (χ3n) is 5.77. The molecule has 6 nitrogen and oxygen atoms in total. The number of sulfonamides is 1. The van der Waals surface area contributed by atoms with Gasteiger partial charge < -0.3 is 4.90 Å². The highest BCUT2D eigenvalue weighted by Crippen LogP contribution is 2.31. The van der Waals surface area contributed by atoms with Gasteiger partial charge in [0.05, 0.1) is 17.0 Å². The highest BCUT2D eigenvalue weighted by molar-refractivity contribution is 7.89. The Morgan fingerprint density at radius 3 is 2.70 bits per heavy atom. The summed E-state index contributed by atoms with van der Waals surface area (Å²) in [7, 11) is -3.55. The predicted molar refractivity (Wildman–Crippen MR) is 128 cm³/mol. The molecule has 0 fully saturated rings. The Bertz CT molecular complexity index is 1270. The molecular formula is C24H26FN3O3S2. The predicted octanol–water partition coefficient (Wildman–Crippen LogP) is 4.50. The van der Waals surface area contributed by atoms with Crippen LogP contribution in [0.2, 0.25) is 0 Å². The van der Waals surface area contributed by atoms with E-state index >= 15 is 0 Å². The maximum atomic E-state index is 13.5. The Labute approximate surface area is 197 Å². The summed E-state index contributed by atoms with van der Waals surface area (Å²) in [6.07, 6.45) is 1.62. The summed E-state index contributed by atoms with van der Waals surface area (Å²) in [5.41, 5.74) is 2.94. The molecule has 0 unspecified atom stereocenters. The summed E-state index contributed by atoms with van der Waals surface area (Å²) in [4.78, 5) is 19.6. The van der Waals surface area contributed by atoms with Crippen LogP contribution in [0.25, 0.3) is 10.6 Å². The fourth-order valence-corrected chi connectivity index (χ4v) is 6.42. The van der Waals surface area contributed by atoms with Crippen LogP contribution < -0.4 is 4.90 Å². The molecule has 0 atom stereocenters. The molecule has 0 radical (unpaired) electrons. The summed E-state index contributed by atoms with van der Waals surface area (Å²) < 4.78 is 40.7. The third kappa shape index (κ3) is 4.85. The van der Waals surface area contributed by atoms with Gasteiger partial charge in [0, 0.05) is 36.3 Å². The standard InChI is InChI=1S/C24H26FN3O3S2/c1-3-27(4-2)33(30,31)21-10-11-22-17(14-21)8-6-12-28(22)23(29)15-20-16-32-24(26-20)18-7-5-9-19(25)13-18/h5,7,9-11,13-14,16H,3-4,6,8,12,15H2,1-2H3. The fourth-order valence-electron chi connectivity index (χ4n) is 4.10. The first-order valence-electron chi connectivity index (χ1n) is 11.0. The van der Waals surface area contributed by atoms with Gasteiger partial charge in [0.25, 0.3) is 0 Å². The fraction of sp³-hybridized carbons (Fsp3) is 0.333. The zero-order valence-corrected chi connectivity index (χ0v) is 20.3. The lowest BCUT2D eigenvalue weighted by molar-refractivity contribution is -0.118. The van der Waals surface area contributed by atoms with Crippen molar-refractivity contribution in [2.45, 2.75) is 38.0 Å². The molecule has 2 aromatic carbocycles. The van der Waals surface area contributed by atoms with Crippen molar-refractivity contribution in [3.05, 3.63) is 64.9 Å². The number of fused-ring (bicyclic) bond motifs is 1. The first kappa shape index (κ1) is 23.5. The Balaban J connectivity index is 1.54. The van der Waals surface area contributed by atoms with E-state index in [1.807, 2.05) is 19.2 Å². The largest absolute Gasteiger partial charge is 0.312 e. The Morgan fingerprint density at radius 1 is 1.18 bits per heavy atom. The zero-order chi connectivity index (χ0) is 23.6. The molecule has 0 aliphatic carbocycles. The highest BCUT2D eigenvalue weighted by atomic mass is 32.2. The average Bonchev–Trinajstić information content (AvgIpc) is 3.27. The van der Waals surface area contributed by atoms with Crippen LogP contribution in [0.15, 0.2) is 52.7 Å². The molecule has 1 amide bonds. The van der Waals surface area contributed by atoms with Crippen LogP contribution in [0.5, 0.6) is 0 Å². The van der Waals surface area contributed by atoms with E-state index in [1.165, 1.54) is 27.8 Å². The molecule has 33 heavy (non-hydrogen) atoms. The first-order valence-corrected chi connectivity index (χ1v) is 13.3. The normalized spacial score (nSPS) is 13.9. The second-order valence-electron chi connectivity index (χ2n) is 7.86. The van der Waals surface area contributed by atoms with Crippen molar-refractivity contribution in [3.63, 3.8) is 0 Å². The van der Waals surface area contributed by atoms with Crippen molar-refractivity contribution in [1.29, 1.82) is 0 Å². The van der Waals surface area contributed by atoms with E-state index in [9.17, 15) is 17.6 Å². The Hall–Kier alpha value is -2.62. The number of thiazole rings is 1. The number of amides is 1. The quantitative estimate of drug-likeness (QED) is 0.492. The van der Waals surface area contributed by atoms with Crippen LogP contribution in [0.1, 0.15) is 31.5 Å². The number of benzene rings is 2. The van der Waals surface area contributed by atoms with Crippen molar-refractivity contribution >= 4 is 33.0 Å². The zero-order valence-electron chi connectivity index (χ0n) is 18.6.